The standard InChI is InChI=1S/C14H19BrO2/c15-11-14(8-4-5-9-17-14)12-16-10-13-6-2-1-3-7-13/h1-3,6-7H,4-5,8-12H2. The molecule has 0 amide bonds. The predicted octanol–water partition coefficient (Wildman–Crippen LogP) is 3.54. The summed E-state index contributed by atoms with van der Waals surface area (Å²) in [5.41, 5.74) is 1.11. The molecule has 1 unspecified atom stereocenters. The lowest BCUT2D eigenvalue weighted by molar-refractivity contribution is -0.110. The maximum Gasteiger partial charge on any atom is 0.101 e. The molecular weight excluding hydrogens is 280 g/mol. The lowest BCUT2D eigenvalue weighted by Crippen LogP contribution is -2.42. The fourth-order valence-electron chi connectivity index (χ4n) is 2.10. The van der Waals surface area contributed by atoms with Gasteiger partial charge in [-0.25, -0.2) is 0 Å². The first kappa shape index (κ1) is 13.1. The van der Waals surface area contributed by atoms with Crippen molar-refractivity contribution < 1.29 is 9.47 Å². The zero-order valence-electron chi connectivity index (χ0n) is 10.0. The molecule has 17 heavy (non-hydrogen) atoms. The molecule has 1 fully saturated rings. The topological polar surface area (TPSA) is 18.5 Å². The highest BCUT2D eigenvalue weighted by Gasteiger charge is 2.32. The Balaban J connectivity index is 1.80. The van der Waals surface area contributed by atoms with E-state index in [9.17, 15) is 0 Å². The van der Waals surface area contributed by atoms with Gasteiger partial charge in [0, 0.05) is 11.9 Å². The van der Waals surface area contributed by atoms with Crippen LogP contribution in [-0.4, -0.2) is 24.1 Å². The molecule has 1 aromatic carbocycles. The van der Waals surface area contributed by atoms with Gasteiger partial charge in [0.05, 0.1) is 13.2 Å². The Bertz CT molecular complexity index is 320. The summed E-state index contributed by atoms with van der Waals surface area (Å²) >= 11 is 3.55. The lowest BCUT2D eigenvalue weighted by Gasteiger charge is -2.35. The summed E-state index contributed by atoms with van der Waals surface area (Å²) in [6.45, 7) is 2.20. The Hall–Kier alpha value is -0.380. The summed E-state index contributed by atoms with van der Waals surface area (Å²) in [6, 6.07) is 10.3. The van der Waals surface area contributed by atoms with E-state index in [0.29, 0.717) is 13.2 Å². The molecule has 0 aliphatic carbocycles. The minimum Gasteiger partial charge on any atom is -0.374 e. The van der Waals surface area contributed by atoms with Gasteiger partial charge in [0.15, 0.2) is 0 Å². The van der Waals surface area contributed by atoms with E-state index < -0.39 is 0 Å². The average molecular weight is 299 g/mol. The Morgan fingerprint density at radius 2 is 2.06 bits per heavy atom. The Kier molecular flexibility index (Phi) is 5.01. The summed E-state index contributed by atoms with van der Waals surface area (Å²) in [5.74, 6) is 0. The molecule has 2 rings (SSSR count). The third-order valence-electron chi connectivity index (χ3n) is 3.16. The molecular formula is C14H19BrO2. The fraction of sp³-hybridized carbons (Fsp3) is 0.571. The number of alkyl halides is 1. The van der Waals surface area contributed by atoms with E-state index in [4.69, 9.17) is 9.47 Å². The molecule has 1 aliphatic heterocycles. The quantitative estimate of drug-likeness (QED) is 0.774. The van der Waals surface area contributed by atoms with Gasteiger partial charge in [0.25, 0.3) is 0 Å². The predicted molar refractivity (Wildman–Crippen MR) is 72.4 cm³/mol. The average Bonchev–Trinajstić information content (AvgIpc) is 2.41. The van der Waals surface area contributed by atoms with Gasteiger partial charge >= 0.3 is 0 Å². The second-order valence-corrected chi connectivity index (χ2v) is 5.16. The first-order chi connectivity index (χ1) is 8.35. The number of hydrogen-bond donors (Lipinski definition) is 0. The number of halogens is 1. The van der Waals surface area contributed by atoms with Crippen molar-refractivity contribution in [3.63, 3.8) is 0 Å². The van der Waals surface area contributed by atoms with Crippen LogP contribution < -0.4 is 0 Å². The van der Waals surface area contributed by atoms with Crippen molar-refractivity contribution in [2.24, 2.45) is 0 Å². The number of rotatable bonds is 5. The minimum absolute atomic E-state index is 0.104. The van der Waals surface area contributed by atoms with Crippen molar-refractivity contribution >= 4 is 15.9 Å². The SMILES string of the molecule is BrCC1(COCc2ccccc2)CCCCO1. The third-order valence-corrected chi connectivity index (χ3v) is 4.18. The highest BCUT2D eigenvalue weighted by molar-refractivity contribution is 9.09. The molecule has 0 spiro atoms. The van der Waals surface area contributed by atoms with E-state index in [1.807, 2.05) is 18.2 Å². The number of hydrogen-bond acceptors (Lipinski definition) is 2. The highest BCUT2D eigenvalue weighted by atomic mass is 79.9. The molecule has 1 aromatic rings. The first-order valence-corrected chi connectivity index (χ1v) is 7.28. The van der Waals surface area contributed by atoms with Crippen LogP contribution in [-0.2, 0) is 16.1 Å². The molecule has 1 aliphatic rings. The largest absolute Gasteiger partial charge is 0.374 e. The zero-order valence-corrected chi connectivity index (χ0v) is 11.6. The number of ether oxygens (including phenoxy) is 2. The van der Waals surface area contributed by atoms with Crippen LogP contribution in [0.3, 0.4) is 0 Å². The van der Waals surface area contributed by atoms with Gasteiger partial charge in [-0.2, -0.15) is 0 Å². The van der Waals surface area contributed by atoms with Gasteiger partial charge in [0.2, 0.25) is 0 Å². The maximum absolute atomic E-state index is 5.88. The molecule has 2 nitrogen and oxygen atoms in total. The van der Waals surface area contributed by atoms with Crippen LogP contribution in [0, 0.1) is 0 Å². The van der Waals surface area contributed by atoms with Gasteiger partial charge in [-0.3, -0.25) is 0 Å². The molecule has 0 radical (unpaired) electrons. The monoisotopic (exact) mass is 298 g/mol. The second kappa shape index (κ2) is 6.53. The lowest BCUT2D eigenvalue weighted by atomic mass is 9.97. The van der Waals surface area contributed by atoms with Gasteiger partial charge in [-0.15, -0.1) is 0 Å². The molecule has 0 aromatic heterocycles. The van der Waals surface area contributed by atoms with Crippen LogP contribution in [0.1, 0.15) is 24.8 Å². The third kappa shape index (κ3) is 3.80. The van der Waals surface area contributed by atoms with E-state index in [-0.39, 0.29) is 5.60 Å². The second-order valence-electron chi connectivity index (χ2n) is 4.60. The molecule has 1 atom stereocenters. The summed E-state index contributed by atoms with van der Waals surface area (Å²) in [7, 11) is 0. The summed E-state index contributed by atoms with van der Waals surface area (Å²) < 4.78 is 11.7. The maximum atomic E-state index is 5.88. The summed E-state index contributed by atoms with van der Waals surface area (Å²) in [4.78, 5) is 0. The van der Waals surface area contributed by atoms with Crippen LogP contribution in [0.15, 0.2) is 30.3 Å². The molecule has 1 saturated heterocycles. The molecule has 3 heteroatoms. The van der Waals surface area contributed by atoms with Gasteiger partial charge in [-0.1, -0.05) is 46.3 Å². The first-order valence-electron chi connectivity index (χ1n) is 6.16. The molecule has 1 heterocycles. The van der Waals surface area contributed by atoms with Gasteiger partial charge in [0.1, 0.15) is 5.60 Å². The number of benzene rings is 1. The van der Waals surface area contributed by atoms with E-state index in [1.165, 1.54) is 18.4 Å². The van der Waals surface area contributed by atoms with Crippen LogP contribution in [0.2, 0.25) is 0 Å². The molecule has 0 saturated carbocycles. The van der Waals surface area contributed by atoms with E-state index >= 15 is 0 Å². The van der Waals surface area contributed by atoms with Crippen molar-refractivity contribution in [1.82, 2.24) is 0 Å². The van der Waals surface area contributed by atoms with E-state index in [1.54, 1.807) is 0 Å². The van der Waals surface area contributed by atoms with Gasteiger partial charge in [-0.05, 0) is 24.8 Å². The van der Waals surface area contributed by atoms with Gasteiger partial charge < -0.3 is 9.47 Å². The summed E-state index contributed by atoms with van der Waals surface area (Å²) in [6.07, 6.45) is 3.50. The smallest absolute Gasteiger partial charge is 0.101 e. The van der Waals surface area contributed by atoms with Crippen molar-refractivity contribution in [1.29, 1.82) is 0 Å². The fourth-order valence-corrected chi connectivity index (χ4v) is 2.70. The zero-order chi connectivity index (χ0) is 12.0. The summed E-state index contributed by atoms with van der Waals surface area (Å²) in [5, 5.41) is 0.856. The van der Waals surface area contributed by atoms with Crippen molar-refractivity contribution in [3.8, 4) is 0 Å². The van der Waals surface area contributed by atoms with Crippen LogP contribution in [0.25, 0.3) is 0 Å². The highest BCUT2D eigenvalue weighted by Crippen LogP contribution is 2.27. The Labute approximate surface area is 111 Å². The Morgan fingerprint density at radius 3 is 2.71 bits per heavy atom. The normalized spacial score (nSPS) is 24.8. The Morgan fingerprint density at radius 1 is 1.24 bits per heavy atom. The van der Waals surface area contributed by atoms with Crippen molar-refractivity contribution in [2.75, 3.05) is 18.5 Å². The van der Waals surface area contributed by atoms with Crippen molar-refractivity contribution in [3.05, 3.63) is 35.9 Å². The van der Waals surface area contributed by atoms with Crippen LogP contribution in [0.5, 0.6) is 0 Å². The minimum atomic E-state index is -0.104. The van der Waals surface area contributed by atoms with E-state index in [2.05, 4.69) is 28.1 Å². The molecule has 94 valence electrons. The molecule has 0 N–H and O–H groups in total. The molecule has 0 bridgehead atoms. The van der Waals surface area contributed by atoms with Crippen LogP contribution >= 0.6 is 15.9 Å². The van der Waals surface area contributed by atoms with Crippen LogP contribution in [0.4, 0.5) is 0 Å². The van der Waals surface area contributed by atoms with E-state index in [0.717, 1.165) is 18.4 Å². The van der Waals surface area contributed by atoms with Crippen molar-refractivity contribution in [2.45, 2.75) is 31.5 Å².